The zero-order valence-electron chi connectivity index (χ0n) is 11.7. The predicted octanol–water partition coefficient (Wildman–Crippen LogP) is 1.86. The molecule has 1 heterocycles. The Balaban J connectivity index is 2.00. The molecule has 2 N–H and O–H groups in total. The summed E-state index contributed by atoms with van der Waals surface area (Å²) in [5.74, 6) is -0.661. The first-order chi connectivity index (χ1) is 10.3. The maximum absolute atomic E-state index is 12.3. The monoisotopic (exact) mass is 303 g/mol. The van der Waals surface area contributed by atoms with Crippen LogP contribution in [0.25, 0.3) is 10.9 Å². The van der Waals surface area contributed by atoms with Crippen LogP contribution >= 0.6 is 0 Å². The van der Waals surface area contributed by atoms with Crippen molar-refractivity contribution in [3.8, 4) is 0 Å². The molecule has 114 valence electrons. The van der Waals surface area contributed by atoms with E-state index in [0.29, 0.717) is 29.4 Å². The van der Waals surface area contributed by atoms with Gasteiger partial charge in [-0.3, -0.25) is 14.9 Å². The number of hydrogen-bond acceptors (Lipinski definition) is 5. The van der Waals surface area contributed by atoms with Gasteiger partial charge < -0.3 is 10.5 Å². The first-order valence-electron chi connectivity index (χ1n) is 6.64. The molecule has 0 atom stereocenters. The fraction of sp³-hybridized carbons (Fsp3) is 0.286. The first kappa shape index (κ1) is 14.1. The average Bonchev–Trinajstić information content (AvgIpc) is 3.13. The van der Waals surface area contributed by atoms with Gasteiger partial charge in [-0.15, -0.1) is 0 Å². The Labute approximate surface area is 124 Å². The zero-order valence-corrected chi connectivity index (χ0v) is 11.7. The summed E-state index contributed by atoms with van der Waals surface area (Å²) >= 11 is 0. The summed E-state index contributed by atoms with van der Waals surface area (Å²) in [6, 6.07) is 5.82. The van der Waals surface area contributed by atoms with E-state index in [1.54, 1.807) is 13.0 Å². The minimum Gasteiger partial charge on any atom is -0.432 e. The normalized spacial score (nSPS) is 15.5. The van der Waals surface area contributed by atoms with Crippen LogP contribution < -0.4 is 5.73 Å². The summed E-state index contributed by atoms with van der Waals surface area (Å²) < 4.78 is 6.52. The maximum Gasteiger partial charge on any atom is 0.419 e. The fourth-order valence-corrected chi connectivity index (χ4v) is 2.42. The van der Waals surface area contributed by atoms with E-state index in [1.165, 1.54) is 22.8 Å². The summed E-state index contributed by atoms with van der Waals surface area (Å²) in [5.41, 5.74) is 5.01. The third-order valence-electron chi connectivity index (χ3n) is 3.80. The Morgan fingerprint density at radius 1 is 1.36 bits per heavy atom. The van der Waals surface area contributed by atoms with Crippen molar-refractivity contribution in [2.75, 3.05) is 0 Å². The SMILES string of the molecule is Cc1cc2cc([N+](=O)[O-])ccc2n1C(=O)OC1(C(N)=O)CC1. The molecule has 8 nitrogen and oxygen atoms in total. The Hall–Kier alpha value is -2.90. The molecule has 1 saturated carbocycles. The van der Waals surface area contributed by atoms with E-state index in [0.717, 1.165) is 0 Å². The second-order valence-electron chi connectivity index (χ2n) is 5.35. The topological polar surface area (TPSA) is 117 Å². The summed E-state index contributed by atoms with van der Waals surface area (Å²) in [6.45, 7) is 1.68. The predicted molar refractivity (Wildman–Crippen MR) is 76.4 cm³/mol. The van der Waals surface area contributed by atoms with Crippen molar-refractivity contribution < 1.29 is 19.2 Å². The number of aryl methyl sites for hydroxylation is 1. The molecular formula is C14H13N3O5. The molecule has 1 fully saturated rings. The first-order valence-corrected chi connectivity index (χ1v) is 6.64. The molecule has 1 aliphatic carbocycles. The quantitative estimate of drug-likeness (QED) is 0.686. The van der Waals surface area contributed by atoms with Crippen LogP contribution in [0.3, 0.4) is 0 Å². The summed E-state index contributed by atoms with van der Waals surface area (Å²) in [4.78, 5) is 33.9. The van der Waals surface area contributed by atoms with Gasteiger partial charge in [-0.25, -0.2) is 9.36 Å². The van der Waals surface area contributed by atoms with Crippen LogP contribution in [0, 0.1) is 17.0 Å². The molecule has 22 heavy (non-hydrogen) atoms. The second-order valence-corrected chi connectivity index (χ2v) is 5.35. The number of nitro benzene ring substituents is 1. The number of carbonyl (C=O) groups excluding carboxylic acids is 2. The van der Waals surface area contributed by atoms with Crippen molar-refractivity contribution in [2.45, 2.75) is 25.4 Å². The van der Waals surface area contributed by atoms with Crippen LogP contribution in [-0.4, -0.2) is 27.1 Å². The van der Waals surface area contributed by atoms with Crippen molar-refractivity contribution in [1.29, 1.82) is 0 Å². The van der Waals surface area contributed by atoms with Crippen LogP contribution in [0.2, 0.25) is 0 Å². The zero-order chi connectivity index (χ0) is 16.1. The highest BCUT2D eigenvalue weighted by molar-refractivity contribution is 5.94. The van der Waals surface area contributed by atoms with Gasteiger partial charge in [0.05, 0.1) is 10.4 Å². The molecule has 0 unspecified atom stereocenters. The minimum absolute atomic E-state index is 0.0613. The van der Waals surface area contributed by atoms with Gasteiger partial charge in [-0.2, -0.15) is 0 Å². The molecule has 1 aromatic heterocycles. The summed E-state index contributed by atoms with van der Waals surface area (Å²) in [5, 5.41) is 11.3. The van der Waals surface area contributed by atoms with Gasteiger partial charge >= 0.3 is 6.09 Å². The van der Waals surface area contributed by atoms with Gasteiger partial charge in [-0.05, 0) is 19.1 Å². The van der Waals surface area contributed by atoms with E-state index in [4.69, 9.17) is 10.5 Å². The Morgan fingerprint density at radius 3 is 2.59 bits per heavy atom. The number of aromatic nitrogens is 1. The van der Waals surface area contributed by atoms with Gasteiger partial charge in [0.15, 0.2) is 5.60 Å². The molecule has 0 spiro atoms. The standard InChI is InChI=1S/C14H13N3O5/c1-8-6-9-7-10(17(20)21)2-3-11(9)16(8)13(19)22-14(4-5-14)12(15)18/h2-3,6-7H,4-5H2,1H3,(H2,15,18). The fourth-order valence-electron chi connectivity index (χ4n) is 2.42. The van der Waals surface area contributed by atoms with E-state index in [2.05, 4.69) is 0 Å². The van der Waals surface area contributed by atoms with Gasteiger partial charge in [-0.1, -0.05) is 0 Å². The van der Waals surface area contributed by atoms with Crippen molar-refractivity contribution in [3.05, 3.63) is 40.1 Å². The molecule has 1 amide bonds. The lowest BCUT2D eigenvalue weighted by atomic mass is 10.2. The highest BCUT2D eigenvalue weighted by atomic mass is 16.6. The van der Waals surface area contributed by atoms with Gasteiger partial charge in [0.1, 0.15) is 0 Å². The van der Waals surface area contributed by atoms with E-state index < -0.39 is 22.5 Å². The number of nitrogens with two attached hydrogens (primary N) is 1. The molecule has 1 aromatic carbocycles. The van der Waals surface area contributed by atoms with Crippen LogP contribution in [0.4, 0.5) is 10.5 Å². The number of nitro groups is 1. The highest BCUT2D eigenvalue weighted by Crippen LogP contribution is 2.40. The Morgan fingerprint density at radius 2 is 2.05 bits per heavy atom. The molecule has 0 bridgehead atoms. The maximum atomic E-state index is 12.3. The number of hydrogen-bond donors (Lipinski definition) is 1. The van der Waals surface area contributed by atoms with Crippen molar-refractivity contribution in [2.24, 2.45) is 5.73 Å². The van der Waals surface area contributed by atoms with E-state index in [9.17, 15) is 19.7 Å². The Bertz CT molecular complexity index is 819. The van der Waals surface area contributed by atoms with Crippen LogP contribution in [0.5, 0.6) is 0 Å². The summed E-state index contributed by atoms with van der Waals surface area (Å²) in [6.07, 6.45) is 0.118. The molecule has 0 radical (unpaired) electrons. The van der Waals surface area contributed by atoms with E-state index in [-0.39, 0.29) is 5.69 Å². The number of non-ortho nitro benzene ring substituents is 1. The lowest BCUT2D eigenvalue weighted by molar-refractivity contribution is -0.384. The number of amides is 1. The number of primary amides is 1. The number of rotatable bonds is 3. The van der Waals surface area contributed by atoms with E-state index >= 15 is 0 Å². The summed E-state index contributed by atoms with van der Waals surface area (Å²) in [7, 11) is 0. The number of carbonyl (C=O) groups is 2. The third kappa shape index (κ3) is 2.09. The third-order valence-corrected chi connectivity index (χ3v) is 3.80. The lowest BCUT2D eigenvalue weighted by Gasteiger charge is -2.14. The number of benzene rings is 1. The number of nitrogens with zero attached hydrogens (tertiary/aromatic N) is 2. The van der Waals surface area contributed by atoms with Crippen LogP contribution in [0.1, 0.15) is 18.5 Å². The second kappa shape index (κ2) is 4.55. The lowest BCUT2D eigenvalue weighted by Crippen LogP contribution is -2.36. The highest BCUT2D eigenvalue weighted by Gasteiger charge is 2.53. The van der Waals surface area contributed by atoms with Gasteiger partial charge in [0.25, 0.3) is 11.6 Å². The van der Waals surface area contributed by atoms with Crippen molar-refractivity contribution >= 4 is 28.6 Å². The number of fused-ring (bicyclic) bond motifs is 1. The molecule has 0 saturated heterocycles. The molecular weight excluding hydrogens is 290 g/mol. The van der Waals surface area contributed by atoms with Crippen LogP contribution in [0.15, 0.2) is 24.3 Å². The molecule has 0 aliphatic heterocycles. The minimum atomic E-state index is -1.21. The largest absolute Gasteiger partial charge is 0.432 e. The Kier molecular flexibility index (Phi) is 2.91. The number of ether oxygens (including phenoxy) is 1. The van der Waals surface area contributed by atoms with Crippen molar-refractivity contribution in [1.82, 2.24) is 4.57 Å². The molecule has 2 aromatic rings. The molecule has 3 rings (SSSR count). The van der Waals surface area contributed by atoms with Crippen LogP contribution in [-0.2, 0) is 9.53 Å². The molecule has 8 heteroatoms. The van der Waals surface area contributed by atoms with Gasteiger partial charge in [0.2, 0.25) is 0 Å². The van der Waals surface area contributed by atoms with Gasteiger partial charge in [0, 0.05) is 36.1 Å². The smallest absolute Gasteiger partial charge is 0.419 e. The average molecular weight is 303 g/mol. The van der Waals surface area contributed by atoms with E-state index in [1.807, 2.05) is 0 Å². The van der Waals surface area contributed by atoms with Crippen molar-refractivity contribution in [3.63, 3.8) is 0 Å². The molecule has 1 aliphatic rings.